The van der Waals surface area contributed by atoms with Crippen molar-refractivity contribution in [2.75, 3.05) is 13.7 Å². The molecule has 1 amide bonds. The van der Waals surface area contributed by atoms with Gasteiger partial charge in [-0.15, -0.1) is 0 Å². The smallest absolute Gasteiger partial charge is 0.435 e. The molecular formula is C17H20F3N3O2. The van der Waals surface area contributed by atoms with E-state index in [0.717, 1.165) is 22.5 Å². The molecule has 0 saturated carbocycles. The lowest BCUT2D eigenvalue weighted by molar-refractivity contribution is -0.142. The number of methoxy groups -OCH3 is 1. The molecule has 1 unspecified atom stereocenters. The Kier molecular flexibility index (Phi) is 5.71. The largest absolute Gasteiger partial charge is 0.497 e. The molecule has 0 aliphatic carbocycles. The maximum Gasteiger partial charge on any atom is 0.435 e. The Hall–Kier alpha value is -2.51. The molecular weight excluding hydrogens is 335 g/mol. The zero-order valence-corrected chi connectivity index (χ0v) is 14.2. The maximum absolute atomic E-state index is 12.6. The lowest BCUT2D eigenvalue weighted by atomic mass is 10.1. The van der Waals surface area contributed by atoms with Crippen LogP contribution in [-0.4, -0.2) is 34.2 Å². The van der Waals surface area contributed by atoms with E-state index in [1.807, 2.05) is 32.0 Å². The van der Waals surface area contributed by atoms with Crippen molar-refractivity contribution >= 4 is 5.91 Å². The first-order valence-corrected chi connectivity index (χ1v) is 7.80. The third-order valence-electron chi connectivity index (χ3n) is 3.93. The molecule has 2 rings (SSSR count). The molecule has 1 aromatic carbocycles. The first-order chi connectivity index (χ1) is 11.8. The van der Waals surface area contributed by atoms with Gasteiger partial charge in [-0.3, -0.25) is 9.48 Å². The standard InChI is InChI=1S/C17H20F3N3O2/c1-4-23(12(2)13-6-5-7-14(10-13)25-3)16(24)11-22-9-8-15(21-22)17(18,19)20/h5-10,12H,4,11H2,1-3H3. The lowest BCUT2D eigenvalue weighted by Crippen LogP contribution is -2.36. The quantitative estimate of drug-likeness (QED) is 0.797. The topological polar surface area (TPSA) is 47.4 Å². The number of hydrogen-bond acceptors (Lipinski definition) is 3. The van der Waals surface area contributed by atoms with Crippen molar-refractivity contribution < 1.29 is 22.7 Å². The highest BCUT2D eigenvalue weighted by Gasteiger charge is 2.33. The third kappa shape index (κ3) is 4.52. The summed E-state index contributed by atoms with van der Waals surface area (Å²) < 4.78 is 44.0. The summed E-state index contributed by atoms with van der Waals surface area (Å²) in [5.74, 6) is 0.365. The molecule has 8 heteroatoms. The Morgan fingerprint density at radius 2 is 2.08 bits per heavy atom. The van der Waals surface area contributed by atoms with Crippen LogP contribution in [0.15, 0.2) is 36.5 Å². The fourth-order valence-electron chi connectivity index (χ4n) is 2.58. The van der Waals surface area contributed by atoms with Crippen LogP contribution >= 0.6 is 0 Å². The molecule has 0 aliphatic rings. The number of carbonyl (C=O) groups is 1. The van der Waals surface area contributed by atoms with E-state index in [9.17, 15) is 18.0 Å². The molecule has 0 saturated heterocycles. The minimum Gasteiger partial charge on any atom is -0.497 e. The number of halogens is 3. The summed E-state index contributed by atoms with van der Waals surface area (Å²) in [4.78, 5) is 14.1. The monoisotopic (exact) mass is 355 g/mol. The van der Waals surface area contributed by atoms with Crippen LogP contribution in [0.1, 0.15) is 31.1 Å². The lowest BCUT2D eigenvalue weighted by Gasteiger charge is -2.28. The van der Waals surface area contributed by atoms with Gasteiger partial charge in [0, 0.05) is 12.7 Å². The van der Waals surface area contributed by atoms with Crippen molar-refractivity contribution in [3.63, 3.8) is 0 Å². The van der Waals surface area contributed by atoms with Crippen LogP contribution in [0.2, 0.25) is 0 Å². The molecule has 5 nitrogen and oxygen atoms in total. The van der Waals surface area contributed by atoms with E-state index in [1.54, 1.807) is 18.1 Å². The molecule has 0 radical (unpaired) electrons. The van der Waals surface area contributed by atoms with Crippen molar-refractivity contribution in [2.24, 2.45) is 0 Å². The van der Waals surface area contributed by atoms with Crippen LogP contribution in [0.25, 0.3) is 0 Å². The van der Waals surface area contributed by atoms with Crippen LogP contribution in [0.3, 0.4) is 0 Å². The zero-order chi connectivity index (χ0) is 18.6. The molecule has 136 valence electrons. The van der Waals surface area contributed by atoms with Gasteiger partial charge in [0.15, 0.2) is 5.69 Å². The van der Waals surface area contributed by atoms with Gasteiger partial charge in [0.1, 0.15) is 12.3 Å². The highest BCUT2D eigenvalue weighted by molar-refractivity contribution is 5.76. The summed E-state index contributed by atoms with van der Waals surface area (Å²) in [5, 5.41) is 3.42. The van der Waals surface area contributed by atoms with Gasteiger partial charge in [0.2, 0.25) is 5.91 Å². The Balaban J connectivity index is 2.13. The Labute approximate surface area is 144 Å². The fraction of sp³-hybridized carbons (Fsp3) is 0.412. The summed E-state index contributed by atoms with van der Waals surface area (Å²) in [7, 11) is 1.56. The second-order valence-electron chi connectivity index (χ2n) is 5.53. The average molecular weight is 355 g/mol. The first-order valence-electron chi connectivity index (χ1n) is 7.80. The number of nitrogens with zero attached hydrogens (tertiary/aromatic N) is 3. The third-order valence-corrected chi connectivity index (χ3v) is 3.93. The van der Waals surface area contributed by atoms with Crippen LogP contribution in [0.4, 0.5) is 13.2 Å². The van der Waals surface area contributed by atoms with Crippen molar-refractivity contribution in [3.8, 4) is 5.75 Å². The highest BCUT2D eigenvalue weighted by atomic mass is 19.4. The number of amides is 1. The Morgan fingerprint density at radius 3 is 2.64 bits per heavy atom. The van der Waals surface area contributed by atoms with Gasteiger partial charge in [-0.05, 0) is 37.6 Å². The Morgan fingerprint density at radius 1 is 1.36 bits per heavy atom. The second-order valence-corrected chi connectivity index (χ2v) is 5.53. The fourth-order valence-corrected chi connectivity index (χ4v) is 2.58. The van der Waals surface area contributed by atoms with Gasteiger partial charge in [-0.25, -0.2) is 0 Å². The van der Waals surface area contributed by atoms with Crippen molar-refractivity contribution in [3.05, 3.63) is 47.8 Å². The van der Waals surface area contributed by atoms with Crippen molar-refractivity contribution in [1.29, 1.82) is 0 Å². The van der Waals surface area contributed by atoms with Crippen molar-refractivity contribution in [2.45, 2.75) is 32.6 Å². The maximum atomic E-state index is 12.6. The Bertz CT molecular complexity index is 728. The molecule has 1 heterocycles. The predicted molar refractivity (Wildman–Crippen MR) is 86.0 cm³/mol. The number of aromatic nitrogens is 2. The van der Waals surface area contributed by atoms with E-state index in [-0.39, 0.29) is 18.5 Å². The van der Waals surface area contributed by atoms with E-state index in [0.29, 0.717) is 12.3 Å². The van der Waals surface area contributed by atoms with Crippen LogP contribution in [0, 0.1) is 0 Å². The van der Waals surface area contributed by atoms with E-state index in [2.05, 4.69) is 5.10 Å². The minimum atomic E-state index is -4.52. The molecule has 1 aromatic heterocycles. The highest BCUT2D eigenvalue weighted by Crippen LogP contribution is 2.27. The van der Waals surface area contributed by atoms with Gasteiger partial charge >= 0.3 is 6.18 Å². The molecule has 1 atom stereocenters. The van der Waals surface area contributed by atoms with Crippen LogP contribution < -0.4 is 4.74 Å². The number of ether oxygens (including phenoxy) is 1. The van der Waals surface area contributed by atoms with Gasteiger partial charge in [-0.1, -0.05) is 12.1 Å². The number of carbonyl (C=O) groups excluding carboxylic acids is 1. The second kappa shape index (κ2) is 7.58. The summed E-state index contributed by atoms with van der Waals surface area (Å²) >= 11 is 0. The molecule has 2 aromatic rings. The summed E-state index contributed by atoms with van der Waals surface area (Å²) in [5.41, 5.74) is -0.129. The number of rotatable bonds is 6. The molecule has 0 N–H and O–H groups in total. The molecule has 0 spiro atoms. The summed E-state index contributed by atoms with van der Waals surface area (Å²) in [6.45, 7) is 3.85. The molecule has 0 fully saturated rings. The SMILES string of the molecule is CCN(C(=O)Cn1ccc(C(F)(F)F)n1)C(C)c1cccc(OC)c1. The zero-order valence-electron chi connectivity index (χ0n) is 14.2. The summed E-state index contributed by atoms with van der Waals surface area (Å²) in [6, 6.07) is 7.94. The predicted octanol–water partition coefficient (Wildman–Crippen LogP) is 3.52. The number of alkyl halides is 3. The molecule has 25 heavy (non-hydrogen) atoms. The van der Waals surface area contributed by atoms with Crippen LogP contribution in [0.5, 0.6) is 5.75 Å². The van der Waals surface area contributed by atoms with Crippen molar-refractivity contribution in [1.82, 2.24) is 14.7 Å². The van der Waals surface area contributed by atoms with Gasteiger partial charge in [-0.2, -0.15) is 18.3 Å². The normalized spacial score (nSPS) is 12.7. The number of benzene rings is 1. The first kappa shape index (κ1) is 18.8. The van der Waals surface area contributed by atoms with Gasteiger partial charge in [0.25, 0.3) is 0 Å². The minimum absolute atomic E-state index is 0.245. The van der Waals surface area contributed by atoms with Gasteiger partial charge in [0.05, 0.1) is 13.2 Å². The molecule has 0 bridgehead atoms. The number of hydrogen-bond donors (Lipinski definition) is 0. The van der Waals surface area contributed by atoms with Gasteiger partial charge < -0.3 is 9.64 Å². The van der Waals surface area contributed by atoms with E-state index in [4.69, 9.17) is 4.74 Å². The number of likely N-dealkylation sites (N-methyl/N-ethyl adjacent to an activating group) is 1. The average Bonchev–Trinajstić information content (AvgIpc) is 3.04. The molecule has 0 aliphatic heterocycles. The van der Waals surface area contributed by atoms with Crippen LogP contribution in [-0.2, 0) is 17.5 Å². The summed E-state index contributed by atoms with van der Waals surface area (Å²) in [6.07, 6.45) is -3.36. The van der Waals surface area contributed by atoms with E-state index < -0.39 is 11.9 Å². The van der Waals surface area contributed by atoms with E-state index >= 15 is 0 Å². The van der Waals surface area contributed by atoms with E-state index in [1.165, 1.54) is 0 Å².